The quantitative estimate of drug-likeness (QED) is 0.536. The van der Waals surface area contributed by atoms with Gasteiger partial charge in [-0.25, -0.2) is 9.59 Å². The van der Waals surface area contributed by atoms with Crippen molar-refractivity contribution in [3.05, 3.63) is 59.7 Å². The van der Waals surface area contributed by atoms with Gasteiger partial charge >= 0.3 is 12.1 Å². The van der Waals surface area contributed by atoms with Gasteiger partial charge in [0, 0.05) is 12.3 Å². The molecular formula is C24H25NO4. The van der Waals surface area contributed by atoms with Crippen LogP contribution in [-0.4, -0.2) is 29.3 Å². The molecule has 0 aromatic heterocycles. The largest absolute Gasteiger partial charge is 0.480 e. The number of amides is 1. The molecule has 0 bridgehead atoms. The van der Waals surface area contributed by atoms with Gasteiger partial charge in [0.15, 0.2) is 0 Å². The van der Waals surface area contributed by atoms with Crippen molar-refractivity contribution in [2.45, 2.75) is 44.6 Å². The molecule has 2 aromatic carbocycles. The van der Waals surface area contributed by atoms with E-state index in [9.17, 15) is 14.7 Å². The third-order valence-electron chi connectivity index (χ3n) is 5.35. The van der Waals surface area contributed by atoms with Crippen LogP contribution in [0.1, 0.15) is 50.2 Å². The number of fused-ring (bicyclic) bond motifs is 3. The van der Waals surface area contributed by atoms with Gasteiger partial charge in [-0.2, -0.15) is 0 Å². The third kappa shape index (κ3) is 4.43. The summed E-state index contributed by atoms with van der Waals surface area (Å²) in [6.45, 7) is 3.39. The third-order valence-corrected chi connectivity index (χ3v) is 5.35. The average Bonchev–Trinajstić information content (AvgIpc) is 3.03. The Labute approximate surface area is 171 Å². The monoisotopic (exact) mass is 391 g/mol. The molecule has 3 rings (SSSR count). The van der Waals surface area contributed by atoms with Gasteiger partial charge in [0.25, 0.3) is 0 Å². The summed E-state index contributed by atoms with van der Waals surface area (Å²) in [5.41, 5.74) is 3.12. The summed E-state index contributed by atoms with van der Waals surface area (Å²) in [5.74, 6) is 4.54. The lowest BCUT2D eigenvalue weighted by molar-refractivity contribution is -0.144. The van der Waals surface area contributed by atoms with Crippen LogP contribution in [-0.2, 0) is 9.53 Å². The second-order valence-corrected chi connectivity index (χ2v) is 7.37. The Bertz CT molecular complexity index is 927. The fourth-order valence-electron chi connectivity index (χ4n) is 3.74. The molecule has 0 aliphatic heterocycles. The lowest BCUT2D eigenvalue weighted by atomic mass is 9.95. The van der Waals surface area contributed by atoms with Crippen molar-refractivity contribution in [1.29, 1.82) is 0 Å². The topological polar surface area (TPSA) is 75.6 Å². The molecule has 29 heavy (non-hydrogen) atoms. The van der Waals surface area contributed by atoms with E-state index in [-0.39, 0.29) is 18.9 Å². The summed E-state index contributed by atoms with van der Waals surface area (Å²) >= 11 is 0. The molecule has 1 atom stereocenters. The Morgan fingerprint density at radius 2 is 1.69 bits per heavy atom. The highest BCUT2D eigenvalue weighted by atomic mass is 16.5. The van der Waals surface area contributed by atoms with Gasteiger partial charge in [0.05, 0.1) is 0 Å². The zero-order valence-electron chi connectivity index (χ0n) is 16.7. The predicted molar refractivity (Wildman–Crippen MR) is 112 cm³/mol. The number of benzene rings is 2. The summed E-state index contributed by atoms with van der Waals surface area (Å²) in [7, 11) is 0. The normalized spacial score (nSPS) is 14.0. The minimum absolute atomic E-state index is 0.0657. The molecular weight excluding hydrogens is 366 g/mol. The number of unbranched alkanes of at least 4 members (excludes halogenated alkanes) is 1. The summed E-state index contributed by atoms with van der Waals surface area (Å²) < 4.78 is 5.47. The summed E-state index contributed by atoms with van der Waals surface area (Å²) in [4.78, 5) is 24.1. The predicted octanol–water partition coefficient (Wildman–Crippen LogP) is 4.56. The van der Waals surface area contributed by atoms with Crippen LogP contribution in [0.2, 0.25) is 0 Å². The zero-order chi connectivity index (χ0) is 20.9. The van der Waals surface area contributed by atoms with Crippen LogP contribution in [0.25, 0.3) is 11.1 Å². The second-order valence-electron chi connectivity index (χ2n) is 7.37. The Balaban J connectivity index is 1.67. The van der Waals surface area contributed by atoms with Crippen LogP contribution < -0.4 is 5.32 Å². The smallest absolute Gasteiger partial charge is 0.408 e. The number of hydrogen-bond donors (Lipinski definition) is 2. The van der Waals surface area contributed by atoms with E-state index >= 15 is 0 Å². The van der Waals surface area contributed by atoms with E-state index in [0.29, 0.717) is 12.8 Å². The average molecular weight is 391 g/mol. The second kappa shape index (κ2) is 8.83. The summed E-state index contributed by atoms with van der Waals surface area (Å²) in [5, 5.41) is 12.1. The number of alkyl carbamates (subject to hydrolysis) is 1. The van der Waals surface area contributed by atoms with Crippen molar-refractivity contribution >= 4 is 12.1 Å². The highest BCUT2D eigenvalue weighted by Gasteiger charge is 2.35. The Morgan fingerprint density at radius 1 is 1.10 bits per heavy atom. The molecule has 1 unspecified atom stereocenters. The molecule has 2 aromatic rings. The van der Waals surface area contributed by atoms with Crippen LogP contribution >= 0.6 is 0 Å². The van der Waals surface area contributed by atoms with E-state index in [2.05, 4.69) is 29.3 Å². The molecule has 0 saturated carbocycles. The first kappa shape index (κ1) is 20.5. The van der Waals surface area contributed by atoms with E-state index in [1.165, 1.54) is 6.92 Å². The van der Waals surface area contributed by atoms with Crippen molar-refractivity contribution in [3.8, 4) is 23.0 Å². The fraction of sp³-hybridized carbons (Fsp3) is 0.333. The summed E-state index contributed by atoms with van der Waals surface area (Å²) in [6.07, 6.45) is 0.721. The number of carbonyl (C=O) groups is 2. The molecule has 1 amide bonds. The first-order chi connectivity index (χ1) is 14.0. The SMILES string of the molecule is CC#CCCCC(C)(NC(=O)OCC1c2ccccc2-c2ccccc21)C(=O)O. The number of ether oxygens (including phenoxy) is 1. The Kier molecular flexibility index (Phi) is 6.23. The van der Waals surface area contributed by atoms with Gasteiger partial charge in [-0.1, -0.05) is 48.5 Å². The maximum Gasteiger partial charge on any atom is 0.408 e. The molecule has 2 N–H and O–H groups in total. The van der Waals surface area contributed by atoms with E-state index in [1.54, 1.807) is 6.92 Å². The molecule has 0 radical (unpaired) electrons. The van der Waals surface area contributed by atoms with Gasteiger partial charge in [0.1, 0.15) is 12.1 Å². The maximum atomic E-state index is 12.4. The molecule has 0 fully saturated rings. The van der Waals surface area contributed by atoms with E-state index < -0.39 is 17.6 Å². The standard InChI is InChI=1S/C24H25NO4/c1-3-4-5-10-15-24(2,22(26)27)25-23(28)29-16-21-19-13-8-6-11-17(19)18-12-7-9-14-20(18)21/h6-9,11-14,21H,5,10,15-16H2,1-2H3,(H,25,28)(H,26,27). The highest BCUT2D eigenvalue weighted by Crippen LogP contribution is 2.44. The van der Waals surface area contributed by atoms with Crippen LogP contribution in [0.15, 0.2) is 48.5 Å². The lowest BCUT2D eigenvalue weighted by Gasteiger charge is -2.26. The van der Waals surface area contributed by atoms with Crippen LogP contribution in [0.5, 0.6) is 0 Å². The summed E-state index contributed by atoms with van der Waals surface area (Å²) in [6, 6.07) is 16.1. The lowest BCUT2D eigenvalue weighted by Crippen LogP contribution is -2.52. The molecule has 0 spiro atoms. The molecule has 0 saturated heterocycles. The van der Waals surface area contributed by atoms with Gasteiger partial charge in [-0.15, -0.1) is 11.8 Å². The van der Waals surface area contributed by atoms with Gasteiger partial charge in [-0.05, 0) is 48.9 Å². The number of carbonyl (C=O) groups excluding carboxylic acids is 1. The van der Waals surface area contributed by atoms with Crippen LogP contribution in [0.4, 0.5) is 4.79 Å². The first-order valence-electron chi connectivity index (χ1n) is 9.72. The van der Waals surface area contributed by atoms with E-state index in [0.717, 1.165) is 22.3 Å². The molecule has 1 aliphatic rings. The number of rotatable bonds is 7. The number of nitrogens with one attached hydrogen (secondary N) is 1. The van der Waals surface area contributed by atoms with Crippen LogP contribution in [0.3, 0.4) is 0 Å². The Morgan fingerprint density at radius 3 is 2.24 bits per heavy atom. The number of hydrogen-bond acceptors (Lipinski definition) is 3. The Hall–Kier alpha value is -3.26. The molecule has 5 heteroatoms. The van der Waals surface area contributed by atoms with Crippen molar-refractivity contribution in [1.82, 2.24) is 5.32 Å². The van der Waals surface area contributed by atoms with Crippen LogP contribution in [0, 0.1) is 11.8 Å². The van der Waals surface area contributed by atoms with Gasteiger partial charge in [-0.3, -0.25) is 0 Å². The van der Waals surface area contributed by atoms with Crippen molar-refractivity contribution < 1.29 is 19.4 Å². The maximum absolute atomic E-state index is 12.4. The number of carboxylic acids is 1. The first-order valence-corrected chi connectivity index (χ1v) is 9.72. The molecule has 150 valence electrons. The molecule has 1 aliphatic carbocycles. The van der Waals surface area contributed by atoms with E-state index in [4.69, 9.17) is 4.74 Å². The van der Waals surface area contributed by atoms with Crippen molar-refractivity contribution in [2.24, 2.45) is 0 Å². The van der Waals surface area contributed by atoms with Gasteiger partial charge < -0.3 is 15.2 Å². The fourth-order valence-corrected chi connectivity index (χ4v) is 3.74. The van der Waals surface area contributed by atoms with Crippen molar-refractivity contribution in [3.63, 3.8) is 0 Å². The minimum Gasteiger partial charge on any atom is -0.480 e. The minimum atomic E-state index is -1.39. The highest BCUT2D eigenvalue weighted by molar-refractivity contribution is 5.84. The molecule has 0 heterocycles. The number of carboxylic acid groups (broad SMARTS) is 1. The number of aliphatic carboxylic acids is 1. The van der Waals surface area contributed by atoms with Crippen molar-refractivity contribution in [2.75, 3.05) is 6.61 Å². The van der Waals surface area contributed by atoms with E-state index in [1.807, 2.05) is 36.4 Å². The van der Waals surface area contributed by atoms with Gasteiger partial charge in [0.2, 0.25) is 0 Å². The zero-order valence-corrected chi connectivity index (χ0v) is 16.7. The molecule has 5 nitrogen and oxygen atoms in total.